The van der Waals surface area contributed by atoms with Crippen LogP contribution in [0.3, 0.4) is 0 Å². The van der Waals surface area contributed by atoms with Crippen LogP contribution < -0.4 is 0 Å². The van der Waals surface area contributed by atoms with Crippen LogP contribution in [0, 0.1) is 10.1 Å². The molecule has 0 saturated carbocycles. The molecular weight excluding hydrogens is 386 g/mol. The fraction of sp³-hybridized carbons (Fsp3) is 0.211. The van der Waals surface area contributed by atoms with Gasteiger partial charge in [-0.15, -0.1) is 0 Å². The van der Waals surface area contributed by atoms with E-state index in [4.69, 9.17) is 16.1 Å². The van der Waals surface area contributed by atoms with Crippen LogP contribution in [0.5, 0.6) is 11.5 Å². The van der Waals surface area contributed by atoms with Gasteiger partial charge in [0.2, 0.25) is 0 Å². The summed E-state index contributed by atoms with van der Waals surface area (Å²) in [6, 6.07) is 9.09. The smallest absolute Gasteiger partial charge is 0.269 e. The van der Waals surface area contributed by atoms with E-state index < -0.39 is 4.92 Å². The van der Waals surface area contributed by atoms with Gasteiger partial charge in [-0.05, 0) is 11.6 Å². The van der Waals surface area contributed by atoms with Gasteiger partial charge in [-0.25, -0.2) is 0 Å². The third kappa shape index (κ3) is 3.39. The fourth-order valence-electron chi connectivity index (χ4n) is 3.33. The number of aromatic nitrogens is 1. The number of phenolic OH excluding ortho intramolecular Hbond substituents is 2. The van der Waals surface area contributed by atoms with Crippen molar-refractivity contribution in [2.24, 2.45) is 0 Å². The second-order valence-corrected chi connectivity index (χ2v) is 7.05. The Hall–Kier alpha value is -3.10. The molecule has 9 heteroatoms. The predicted molar refractivity (Wildman–Crippen MR) is 101 cm³/mol. The number of non-ortho nitro benzene ring substituents is 1. The van der Waals surface area contributed by atoms with E-state index in [0.29, 0.717) is 30.8 Å². The van der Waals surface area contributed by atoms with Gasteiger partial charge in [0.25, 0.3) is 5.69 Å². The Kier molecular flexibility index (Phi) is 4.66. The van der Waals surface area contributed by atoms with Crippen molar-refractivity contribution in [2.75, 3.05) is 6.54 Å². The molecule has 0 saturated heterocycles. The highest BCUT2D eigenvalue weighted by molar-refractivity contribution is 6.32. The van der Waals surface area contributed by atoms with E-state index in [2.05, 4.69) is 10.1 Å². The van der Waals surface area contributed by atoms with E-state index >= 15 is 0 Å². The Labute approximate surface area is 164 Å². The Balaban J connectivity index is 1.58. The number of fused-ring (bicyclic) bond motifs is 1. The van der Waals surface area contributed by atoms with Crippen LogP contribution in [0.1, 0.15) is 16.8 Å². The Bertz CT molecular complexity index is 1050. The maximum Gasteiger partial charge on any atom is 0.269 e. The summed E-state index contributed by atoms with van der Waals surface area (Å²) in [6.07, 6.45) is 0.679. The van der Waals surface area contributed by atoms with Crippen molar-refractivity contribution >= 4 is 17.3 Å². The van der Waals surface area contributed by atoms with E-state index in [1.165, 1.54) is 24.3 Å². The summed E-state index contributed by atoms with van der Waals surface area (Å²) in [6.45, 7) is 1.92. The monoisotopic (exact) mass is 401 g/mol. The van der Waals surface area contributed by atoms with Gasteiger partial charge < -0.3 is 14.7 Å². The molecule has 0 bridgehead atoms. The topological polar surface area (TPSA) is 113 Å². The molecule has 8 nitrogen and oxygen atoms in total. The molecule has 0 spiro atoms. The van der Waals surface area contributed by atoms with Crippen LogP contribution in [0.2, 0.25) is 5.02 Å². The molecule has 0 amide bonds. The van der Waals surface area contributed by atoms with Crippen LogP contribution in [0.15, 0.2) is 40.9 Å². The number of nitro benzene ring substituents is 1. The summed E-state index contributed by atoms with van der Waals surface area (Å²) < 4.78 is 5.47. The lowest BCUT2D eigenvalue weighted by atomic mass is 10.0. The number of halogens is 1. The average Bonchev–Trinajstić information content (AvgIpc) is 3.08. The van der Waals surface area contributed by atoms with E-state index in [9.17, 15) is 20.3 Å². The Morgan fingerprint density at radius 2 is 1.96 bits per heavy atom. The van der Waals surface area contributed by atoms with Crippen LogP contribution in [0.25, 0.3) is 11.3 Å². The molecule has 3 aromatic rings. The Morgan fingerprint density at radius 3 is 2.68 bits per heavy atom. The van der Waals surface area contributed by atoms with Crippen molar-refractivity contribution in [1.29, 1.82) is 0 Å². The minimum atomic E-state index is -0.421. The lowest BCUT2D eigenvalue weighted by Crippen LogP contribution is -2.30. The number of hydrogen-bond donors (Lipinski definition) is 2. The van der Waals surface area contributed by atoms with Gasteiger partial charge in [0.15, 0.2) is 5.76 Å². The second-order valence-electron chi connectivity index (χ2n) is 6.64. The summed E-state index contributed by atoms with van der Waals surface area (Å²) in [4.78, 5) is 12.5. The van der Waals surface area contributed by atoms with Crippen molar-refractivity contribution in [3.05, 3.63) is 68.4 Å². The highest BCUT2D eigenvalue weighted by Gasteiger charge is 2.27. The first kappa shape index (κ1) is 18.3. The molecule has 0 fully saturated rings. The summed E-state index contributed by atoms with van der Waals surface area (Å²) in [7, 11) is 0. The molecule has 2 N–H and O–H groups in total. The number of rotatable bonds is 4. The number of benzene rings is 2. The van der Waals surface area contributed by atoms with Gasteiger partial charge >= 0.3 is 0 Å². The third-order valence-electron chi connectivity index (χ3n) is 4.78. The molecule has 1 aliphatic heterocycles. The highest BCUT2D eigenvalue weighted by Crippen LogP contribution is 2.40. The van der Waals surface area contributed by atoms with Crippen LogP contribution >= 0.6 is 11.6 Å². The number of nitro groups is 1. The van der Waals surface area contributed by atoms with E-state index in [0.717, 1.165) is 23.4 Å². The van der Waals surface area contributed by atoms with Gasteiger partial charge in [-0.1, -0.05) is 28.9 Å². The molecule has 144 valence electrons. The molecule has 0 atom stereocenters. The quantitative estimate of drug-likeness (QED) is 0.503. The number of hydrogen-bond acceptors (Lipinski definition) is 7. The van der Waals surface area contributed by atoms with Crippen LogP contribution in [0.4, 0.5) is 5.69 Å². The summed E-state index contributed by atoms with van der Waals surface area (Å²) in [5.74, 6) is 0.0623. The standard InChI is InChI=1S/C19H16ClN3O5/c20-15-7-13(17(24)8-18(15)25)19-14-10-22(6-5-16(14)21-28-19)9-11-1-3-12(4-2-11)23(26)27/h1-4,7-8,24-25H,5-6,9-10H2. The van der Waals surface area contributed by atoms with Gasteiger partial charge in [-0.3, -0.25) is 15.0 Å². The van der Waals surface area contributed by atoms with Crippen LogP contribution in [-0.4, -0.2) is 31.7 Å². The maximum absolute atomic E-state index is 10.8. The zero-order valence-electron chi connectivity index (χ0n) is 14.6. The van der Waals surface area contributed by atoms with Crippen molar-refractivity contribution in [3.63, 3.8) is 0 Å². The van der Waals surface area contributed by atoms with Gasteiger partial charge in [0, 0.05) is 49.8 Å². The van der Waals surface area contributed by atoms with Crippen molar-refractivity contribution < 1.29 is 19.7 Å². The minimum Gasteiger partial charge on any atom is -0.507 e. The molecule has 0 unspecified atom stereocenters. The highest BCUT2D eigenvalue weighted by atomic mass is 35.5. The molecule has 0 aliphatic carbocycles. The average molecular weight is 402 g/mol. The summed E-state index contributed by atoms with van der Waals surface area (Å²) in [5, 5.41) is 34.8. The predicted octanol–water partition coefficient (Wildman–Crippen LogP) is 3.87. The molecule has 28 heavy (non-hydrogen) atoms. The molecule has 1 aromatic heterocycles. The zero-order valence-corrected chi connectivity index (χ0v) is 15.4. The van der Waals surface area contributed by atoms with E-state index in [-0.39, 0.29) is 22.2 Å². The SMILES string of the molecule is O=[N+]([O-])c1ccc(CN2CCc3noc(-c4cc(Cl)c(O)cc4O)c3C2)cc1. The number of phenols is 2. The molecule has 0 radical (unpaired) electrons. The van der Waals surface area contributed by atoms with Crippen LogP contribution in [-0.2, 0) is 19.5 Å². The first-order valence-electron chi connectivity index (χ1n) is 8.57. The van der Waals surface area contributed by atoms with E-state index in [1.807, 2.05) is 0 Å². The first-order valence-corrected chi connectivity index (χ1v) is 8.95. The summed E-state index contributed by atoms with van der Waals surface area (Å²) in [5.41, 5.74) is 3.06. The Morgan fingerprint density at radius 1 is 1.21 bits per heavy atom. The third-order valence-corrected chi connectivity index (χ3v) is 5.08. The zero-order chi connectivity index (χ0) is 19.8. The lowest BCUT2D eigenvalue weighted by molar-refractivity contribution is -0.384. The van der Waals surface area contributed by atoms with Gasteiger partial charge in [0.1, 0.15) is 11.5 Å². The van der Waals surface area contributed by atoms with Crippen molar-refractivity contribution in [3.8, 4) is 22.8 Å². The molecule has 2 aromatic carbocycles. The van der Waals surface area contributed by atoms with Gasteiger partial charge in [0.05, 0.1) is 21.2 Å². The maximum atomic E-state index is 10.8. The number of aromatic hydroxyl groups is 2. The second kappa shape index (κ2) is 7.14. The molecule has 1 aliphatic rings. The molecule has 4 rings (SSSR count). The number of nitrogens with zero attached hydrogens (tertiary/aromatic N) is 3. The minimum absolute atomic E-state index is 0.0608. The van der Waals surface area contributed by atoms with Crippen molar-refractivity contribution in [2.45, 2.75) is 19.5 Å². The largest absolute Gasteiger partial charge is 0.507 e. The first-order chi connectivity index (χ1) is 13.4. The molecular formula is C19H16ClN3O5. The van der Waals surface area contributed by atoms with Gasteiger partial charge in [-0.2, -0.15) is 0 Å². The summed E-state index contributed by atoms with van der Waals surface area (Å²) >= 11 is 5.98. The lowest BCUT2D eigenvalue weighted by Gasteiger charge is -2.26. The van der Waals surface area contributed by atoms with Crippen molar-refractivity contribution in [1.82, 2.24) is 10.1 Å². The molecule has 2 heterocycles. The normalized spacial score (nSPS) is 14.0. The fourth-order valence-corrected chi connectivity index (χ4v) is 3.49. The van der Waals surface area contributed by atoms with E-state index in [1.54, 1.807) is 12.1 Å².